The molecule has 0 saturated carbocycles. The molecular weight excluding hydrogens is 502 g/mol. The molecule has 3 aromatic rings. The van der Waals surface area contributed by atoms with Crippen molar-refractivity contribution in [2.45, 2.75) is 51.0 Å². The Morgan fingerprint density at radius 2 is 1.91 bits per heavy atom. The van der Waals surface area contributed by atoms with Gasteiger partial charge in [-0.1, -0.05) is 11.3 Å². The second kappa shape index (κ2) is 8.26. The summed E-state index contributed by atoms with van der Waals surface area (Å²) >= 11 is 2.52. The Balaban J connectivity index is 1.46. The first kappa shape index (κ1) is 23.7. The van der Waals surface area contributed by atoms with E-state index in [1.807, 2.05) is 25.7 Å². The number of amides is 1. The van der Waals surface area contributed by atoms with Gasteiger partial charge in [-0.2, -0.15) is 8.78 Å². The Labute approximate surface area is 206 Å². The molecule has 13 heteroatoms. The first-order valence-corrected chi connectivity index (χ1v) is 12.5. The van der Waals surface area contributed by atoms with Crippen LogP contribution in [0.15, 0.2) is 23.7 Å². The molecule has 2 unspecified atom stereocenters. The Bertz CT molecular complexity index is 1280. The van der Waals surface area contributed by atoms with Gasteiger partial charge in [0, 0.05) is 30.2 Å². The number of halogens is 2. The third-order valence-electron chi connectivity index (χ3n) is 5.71. The number of ether oxygens (including phenoxy) is 2. The lowest BCUT2D eigenvalue weighted by Gasteiger charge is -2.55. The zero-order valence-electron chi connectivity index (χ0n) is 19.0. The highest BCUT2D eigenvalue weighted by Gasteiger charge is 2.49. The maximum absolute atomic E-state index is 13.9. The summed E-state index contributed by atoms with van der Waals surface area (Å²) in [5, 5.41) is 11.8. The zero-order valence-corrected chi connectivity index (χ0v) is 20.7. The van der Waals surface area contributed by atoms with Crippen LogP contribution >= 0.6 is 22.7 Å². The van der Waals surface area contributed by atoms with Gasteiger partial charge < -0.3 is 19.5 Å². The highest BCUT2D eigenvalue weighted by molar-refractivity contribution is 7.22. The molecule has 6 rings (SSSR count). The van der Waals surface area contributed by atoms with Gasteiger partial charge >= 0.3 is 18.2 Å². The molecule has 186 valence electrons. The number of rotatable bonds is 5. The van der Waals surface area contributed by atoms with Crippen molar-refractivity contribution in [3.63, 3.8) is 0 Å². The lowest BCUT2D eigenvalue weighted by atomic mass is 9.88. The van der Waals surface area contributed by atoms with Gasteiger partial charge in [-0.3, -0.25) is 4.90 Å². The van der Waals surface area contributed by atoms with Crippen LogP contribution in [0.1, 0.15) is 27.2 Å². The van der Waals surface area contributed by atoms with Gasteiger partial charge in [0.25, 0.3) is 0 Å². The minimum absolute atomic E-state index is 0.0406. The highest BCUT2D eigenvalue weighted by atomic mass is 32.1. The van der Waals surface area contributed by atoms with Crippen LogP contribution in [0.4, 0.5) is 18.7 Å². The van der Waals surface area contributed by atoms with Crippen LogP contribution in [-0.4, -0.2) is 68.9 Å². The monoisotopic (exact) mass is 524 g/mol. The van der Waals surface area contributed by atoms with Gasteiger partial charge in [0.2, 0.25) is 0 Å². The maximum atomic E-state index is 13.9. The summed E-state index contributed by atoms with van der Waals surface area (Å²) in [4.78, 5) is 36.3. The minimum Gasteiger partial charge on any atom is -0.474 e. The number of aliphatic carboxylic acids is 1. The summed E-state index contributed by atoms with van der Waals surface area (Å²) < 4.78 is 38.2. The summed E-state index contributed by atoms with van der Waals surface area (Å²) in [6.45, 7) is 6.50. The van der Waals surface area contributed by atoms with Crippen molar-refractivity contribution in [2.24, 2.45) is 0 Å². The number of piperidine rings is 1. The average Bonchev–Trinajstić information content (AvgIpc) is 3.43. The molecule has 1 aromatic carbocycles. The van der Waals surface area contributed by atoms with Gasteiger partial charge in [-0.25, -0.2) is 19.6 Å². The van der Waals surface area contributed by atoms with Gasteiger partial charge in [0.05, 0.1) is 22.3 Å². The maximum Gasteiger partial charge on any atom is 0.501 e. The molecule has 3 aliphatic rings. The van der Waals surface area contributed by atoms with Crippen LogP contribution < -0.4 is 9.64 Å². The molecule has 3 saturated heterocycles. The molecule has 2 bridgehead atoms. The number of fused-ring (bicyclic) bond motifs is 3. The van der Waals surface area contributed by atoms with Gasteiger partial charge in [-0.15, -0.1) is 11.3 Å². The van der Waals surface area contributed by atoms with Crippen molar-refractivity contribution in [3.05, 3.63) is 23.7 Å². The average molecular weight is 525 g/mol. The van der Waals surface area contributed by atoms with E-state index in [2.05, 4.69) is 9.72 Å². The topological polar surface area (TPSA) is 105 Å². The number of thiazole rings is 2. The molecule has 0 radical (unpaired) electrons. The lowest BCUT2D eigenvalue weighted by Crippen LogP contribution is -2.70. The predicted octanol–water partition coefficient (Wildman–Crippen LogP) is 4.67. The molecule has 35 heavy (non-hydrogen) atoms. The van der Waals surface area contributed by atoms with Crippen LogP contribution in [0.5, 0.6) is 5.75 Å². The van der Waals surface area contributed by atoms with E-state index in [0.717, 1.165) is 17.8 Å². The van der Waals surface area contributed by atoms with Crippen LogP contribution in [0.3, 0.4) is 0 Å². The number of piperazine rings is 1. The van der Waals surface area contributed by atoms with Gasteiger partial charge in [-0.05, 0) is 39.3 Å². The van der Waals surface area contributed by atoms with Crippen molar-refractivity contribution in [3.8, 4) is 16.3 Å². The normalized spacial score (nSPS) is 20.0. The SMILES string of the molecule is CC(C)(C)OC(=O)N1C2CC1CN(c1nc3c(-c4nccs4)ccc(OC(F)(F)C(=O)O)c3s1)C2. The van der Waals surface area contributed by atoms with E-state index in [9.17, 15) is 18.4 Å². The highest BCUT2D eigenvalue weighted by Crippen LogP contribution is 2.44. The molecule has 0 aliphatic carbocycles. The summed E-state index contributed by atoms with van der Waals surface area (Å²) in [5.41, 5.74) is 0.455. The van der Waals surface area contributed by atoms with Crippen LogP contribution in [0.25, 0.3) is 20.8 Å². The largest absolute Gasteiger partial charge is 0.501 e. The molecular formula is C22H22F2N4O5S2. The fourth-order valence-corrected chi connectivity index (χ4v) is 6.00. The number of carbonyl (C=O) groups excluding carboxylic acids is 1. The van der Waals surface area contributed by atoms with Gasteiger partial charge in [0.15, 0.2) is 5.13 Å². The first-order valence-electron chi connectivity index (χ1n) is 10.8. The minimum atomic E-state index is -4.39. The number of carbonyl (C=O) groups is 2. The Kier molecular flexibility index (Phi) is 5.59. The van der Waals surface area contributed by atoms with E-state index in [0.29, 0.717) is 39.0 Å². The number of nitrogens with zero attached hydrogens (tertiary/aromatic N) is 4. The third-order valence-corrected chi connectivity index (χ3v) is 7.65. The van der Waals surface area contributed by atoms with E-state index in [1.54, 1.807) is 22.5 Å². The van der Waals surface area contributed by atoms with Crippen LogP contribution in [-0.2, 0) is 9.53 Å². The smallest absolute Gasteiger partial charge is 0.474 e. The van der Waals surface area contributed by atoms with E-state index in [1.165, 1.54) is 17.4 Å². The van der Waals surface area contributed by atoms with Gasteiger partial charge in [0.1, 0.15) is 16.4 Å². The predicted molar refractivity (Wildman–Crippen MR) is 126 cm³/mol. The second-order valence-electron chi connectivity index (χ2n) is 9.38. The Morgan fingerprint density at radius 3 is 2.51 bits per heavy atom. The quantitative estimate of drug-likeness (QED) is 0.513. The van der Waals surface area contributed by atoms with E-state index in [-0.39, 0.29) is 23.9 Å². The molecule has 1 amide bonds. The van der Waals surface area contributed by atoms with Crippen LogP contribution in [0.2, 0.25) is 0 Å². The second-order valence-corrected chi connectivity index (χ2v) is 11.3. The van der Waals surface area contributed by atoms with Crippen molar-refractivity contribution in [1.29, 1.82) is 0 Å². The molecule has 3 aliphatic heterocycles. The number of hydrogen-bond donors (Lipinski definition) is 1. The van der Waals surface area contributed by atoms with Crippen LogP contribution in [0, 0.1) is 0 Å². The summed E-state index contributed by atoms with van der Waals surface area (Å²) in [5.74, 6) is -2.65. The number of carboxylic acids is 1. The molecule has 5 heterocycles. The molecule has 0 spiro atoms. The molecule has 1 N–H and O–H groups in total. The number of benzene rings is 1. The number of aromatic nitrogens is 2. The van der Waals surface area contributed by atoms with Crippen molar-refractivity contribution < 1.29 is 33.0 Å². The number of alkyl halides is 2. The van der Waals surface area contributed by atoms with Crippen molar-refractivity contribution in [1.82, 2.24) is 14.9 Å². The van der Waals surface area contributed by atoms with E-state index < -0.39 is 17.7 Å². The Morgan fingerprint density at radius 1 is 1.20 bits per heavy atom. The molecule has 3 fully saturated rings. The number of anilines is 1. The standard InChI is InChI=1S/C22H22F2N4O5S2/c1-21(2,3)33-20(31)28-11-8-12(28)10-27(9-11)19-26-15-13(17-25-6-7-34-17)4-5-14(16(15)35-19)32-22(23,24)18(29)30/h4-7,11-12H,8-10H2,1-3H3,(H,29,30). The number of carboxylic acid groups (broad SMARTS) is 1. The number of hydrogen-bond acceptors (Lipinski definition) is 9. The van der Waals surface area contributed by atoms with E-state index >= 15 is 0 Å². The third kappa shape index (κ3) is 4.38. The molecule has 9 nitrogen and oxygen atoms in total. The first-order chi connectivity index (χ1) is 16.4. The summed E-state index contributed by atoms with van der Waals surface area (Å²) in [6, 6.07) is 2.79. The summed E-state index contributed by atoms with van der Waals surface area (Å²) in [6.07, 6.45) is -2.25. The van der Waals surface area contributed by atoms with Crippen molar-refractivity contribution >= 4 is 50.1 Å². The molecule has 2 aromatic heterocycles. The Hall–Kier alpha value is -3.06. The molecule has 2 atom stereocenters. The zero-order chi connectivity index (χ0) is 25.1. The fourth-order valence-electron chi connectivity index (χ4n) is 4.28. The van der Waals surface area contributed by atoms with E-state index in [4.69, 9.17) is 14.8 Å². The summed E-state index contributed by atoms with van der Waals surface area (Å²) in [7, 11) is 0. The fraction of sp³-hybridized carbons (Fsp3) is 0.455. The lowest BCUT2D eigenvalue weighted by molar-refractivity contribution is -0.210. The van der Waals surface area contributed by atoms with Crippen molar-refractivity contribution in [2.75, 3.05) is 18.0 Å².